The zero-order valence-electron chi connectivity index (χ0n) is 8.17. The Labute approximate surface area is 85.9 Å². The Morgan fingerprint density at radius 2 is 2.40 bits per heavy atom. The average molecular weight is 206 g/mol. The van der Waals surface area contributed by atoms with Crippen LogP contribution in [0.3, 0.4) is 0 Å². The summed E-state index contributed by atoms with van der Waals surface area (Å²) in [4.78, 5) is 14.7. The number of aliphatic carboxylic acids is 1. The van der Waals surface area contributed by atoms with E-state index in [1.165, 1.54) is 6.33 Å². The van der Waals surface area contributed by atoms with Crippen LogP contribution in [0.5, 0.6) is 5.75 Å². The van der Waals surface area contributed by atoms with Crippen LogP contribution in [0.2, 0.25) is 0 Å². The molecule has 0 bridgehead atoms. The fourth-order valence-electron chi connectivity index (χ4n) is 1.44. The van der Waals surface area contributed by atoms with Gasteiger partial charge >= 0.3 is 5.97 Å². The summed E-state index contributed by atoms with van der Waals surface area (Å²) in [6.07, 6.45) is 1.51. The molecule has 2 rings (SSSR count). The molecule has 1 heterocycles. The molecule has 1 aromatic carbocycles. The van der Waals surface area contributed by atoms with Gasteiger partial charge in [0.2, 0.25) is 0 Å². The number of rotatable bonds is 3. The van der Waals surface area contributed by atoms with Crippen molar-refractivity contribution in [3.63, 3.8) is 0 Å². The third-order valence-corrected chi connectivity index (χ3v) is 2.13. The van der Waals surface area contributed by atoms with Crippen molar-refractivity contribution in [3.05, 3.63) is 24.5 Å². The lowest BCUT2D eigenvalue weighted by atomic mass is 10.3. The Hall–Kier alpha value is -2.04. The molecule has 0 atom stereocenters. The monoisotopic (exact) mass is 206 g/mol. The first-order chi connectivity index (χ1) is 7.20. The highest BCUT2D eigenvalue weighted by molar-refractivity contribution is 5.79. The normalized spacial score (nSPS) is 10.5. The Morgan fingerprint density at radius 3 is 3.07 bits per heavy atom. The van der Waals surface area contributed by atoms with E-state index in [0.29, 0.717) is 5.75 Å². The van der Waals surface area contributed by atoms with Crippen molar-refractivity contribution < 1.29 is 14.6 Å². The SMILES string of the molecule is COc1ccc2c(c1)ncn2CC(=O)O. The number of carbonyl (C=O) groups is 1. The van der Waals surface area contributed by atoms with E-state index in [4.69, 9.17) is 9.84 Å². The number of methoxy groups -OCH3 is 1. The molecule has 0 spiro atoms. The molecule has 0 aliphatic rings. The van der Waals surface area contributed by atoms with Gasteiger partial charge in [0.05, 0.1) is 24.5 Å². The van der Waals surface area contributed by atoms with E-state index in [0.717, 1.165) is 11.0 Å². The van der Waals surface area contributed by atoms with Gasteiger partial charge in [-0.15, -0.1) is 0 Å². The standard InChI is InChI=1S/C10H10N2O3/c1-15-7-2-3-9-8(4-7)11-6-12(9)5-10(13)14/h2-4,6H,5H2,1H3,(H,13,14). The van der Waals surface area contributed by atoms with Gasteiger partial charge in [-0.1, -0.05) is 0 Å². The van der Waals surface area contributed by atoms with E-state index in [2.05, 4.69) is 4.98 Å². The molecule has 0 radical (unpaired) electrons. The molecule has 0 aliphatic heterocycles. The fourth-order valence-corrected chi connectivity index (χ4v) is 1.44. The molecule has 0 amide bonds. The third-order valence-electron chi connectivity index (χ3n) is 2.13. The molecule has 78 valence electrons. The number of benzene rings is 1. The van der Waals surface area contributed by atoms with Gasteiger partial charge in [-0.25, -0.2) is 4.98 Å². The average Bonchev–Trinajstić information content (AvgIpc) is 2.60. The Morgan fingerprint density at radius 1 is 1.60 bits per heavy atom. The minimum absolute atomic E-state index is 0.0805. The van der Waals surface area contributed by atoms with Crippen LogP contribution < -0.4 is 4.74 Å². The highest BCUT2D eigenvalue weighted by Gasteiger charge is 2.06. The number of aromatic nitrogens is 2. The van der Waals surface area contributed by atoms with Gasteiger partial charge in [0.1, 0.15) is 12.3 Å². The summed E-state index contributed by atoms with van der Waals surface area (Å²) < 4.78 is 6.63. The smallest absolute Gasteiger partial charge is 0.323 e. The summed E-state index contributed by atoms with van der Waals surface area (Å²) in [5.41, 5.74) is 1.52. The Bertz CT molecular complexity index is 504. The van der Waals surface area contributed by atoms with Crippen LogP contribution in [-0.4, -0.2) is 27.7 Å². The number of ether oxygens (including phenoxy) is 1. The van der Waals surface area contributed by atoms with E-state index in [-0.39, 0.29) is 6.54 Å². The van der Waals surface area contributed by atoms with Crippen LogP contribution >= 0.6 is 0 Å². The summed E-state index contributed by atoms with van der Waals surface area (Å²) in [5.74, 6) is -0.173. The van der Waals surface area contributed by atoms with Gasteiger partial charge in [0.15, 0.2) is 0 Å². The molecule has 0 unspecified atom stereocenters. The summed E-state index contributed by atoms with van der Waals surface area (Å²) in [6.45, 7) is -0.0805. The van der Waals surface area contributed by atoms with Gasteiger partial charge in [-0.3, -0.25) is 4.79 Å². The molecule has 1 N–H and O–H groups in total. The maximum absolute atomic E-state index is 10.6. The number of carboxylic acids is 1. The number of fused-ring (bicyclic) bond motifs is 1. The molecule has 0 saturated carbocycles. The molecule has 0 aliphatic carbocycles. The van der Waals surface area contributed by atoms with Gasteiger partial charge in [0, 0.05) is 6.07 Å². The molecule has 5 nitrogen and oxygen atoms in total. The van der Waals surface area contributed by atoms with E-state index in [9.17, 15) is 4.79 Å². The molecule has 2 aromatic rings. The molecule has 5 heteroatoms. The zero-order valence-corrected chi connectivity index (χ0v) is 8.17. The lowest BCUT2D eigenvalue weighted by Gasteiger charge is -2.01. The zero-order chi connectivity index (χ0) is 10.8. The topological polar surface area (TPSA) is 64.4 Å². The second-order valence-corrected chi connectivity index (χ2v) is 3.12. The van der Waals surface area contributed by atoms with Gasteiger partial charge in [-0.05, 0) is 12.1 Å². The van der Waals surface area contributed by atoms with E-state index in [1.54, 1.807) is 29.9 Å². The molecular formula is C10H10N2O3. The molecule has 1 aromatic heterocycles. The Kier molecular flexibility index (Phi) is 2.29. The molecule has 0 fully saturated rings. The largest absolute Gasteiger partial charge is 0.497 e. The quantitative estimate of drug-likeness (QED) is 0.817. The minimum Gasteiger partial charge on any atom is -0.497 e. The second kappa shape index (κ2) is 3.61. The fraction of sp³-hybridized carbons (Fsp3) is 0.200. The van der Waals surface area contributed by atoms with Crippen molar-refractivity contribution in [1.29, 1.82) is 0 Å². The molecule has 0 saturated heterocycles. The van der Waals surface area contributed by atoms with Crippen LogP contribution in [-0.2, 0) is 11.3 Å². The lowest BCUT2D eigenvalue weighted by molar-refractivity contribution is -0.137. The summed E-state index contributed by atoms with van der Waals surface area (Å²) in [6, 6.07) is 5.35. The minimum atomic E-state index is -0.884. The number of hydrogen-bond acceptors (Lipinski definition) is 3. The highest BCUT2D eigenvalue weighted by atomic mass is 16.5. The summed E-state index contributed by atoms with van der Waals surface area (Å²) in [7, 11) is 1.58. The van der Waals surface area contributed by atoms with Crippen LogP contribution in [0.15, 0.2) is 24.5 Å². The second-order valence-electron chi connectivity index (χ2n) is 3.12. The van der Waals surface area contributed by atoms with Crippen molar-refractivity contribution in [2.75, 3.05) is 7.11 Å². The first-order valence-electron chi connectivity index (χ1n) is 4.41. The van der Waals surface area contributed by atoms with Crippen molar-refractivity contribution in [3.8, 4) is 5.75 Å². The first-order valence-corrected chi connectivity index (χ1v) is 4.41. The van der Waals surface area contributed by atoms with Crippen LogP contribution in [0.4, 0.5) is 0 Å². The molecular weight excluding hydrogens is 196 g/mol. The number of carboxylic acid groups (broad SMARTS) is 1. The van der Waals surface area contributed by atoms with E-state index in [1.807, 2.05) is 0 Å². The lowest BCUT2D eigenvalue weighted by Crippen LogP contribution is -2.07. The predicted molar refractivity (Wildman–Crippen MR) is 53.9 cm³/mol. The highest BCUT2D eigenvalue weighted by Crippen LogP contribution is 2.19. The Balaban J connectivity index is 2.47. The number of imidazole rings is 1. The van der Waals surface area contributed by atoms with Gasteiger partial charge in [0.25, 0.3) is 0 Å². The van der Waals surface area contributed by atoms with Crippen LogP contribution in [0.1, 0.15) is 0 Å². The van der Waals surface area contributed by atoms with Crippen molar-refractivity contribution >= 4 is 17.0 Å². The summed E-state index contributed by atoms with van der Waals surface area (Å²) >= 11 is 0. The van der Waals surface area contributed by atoms with Gasteiger partial charge < -0.3 is 14.4 Å². The summed E-state index contributed by atoms with van der Waals surface area (Å²) in [5, 5.41) is 8.67. The van der Waals surface area contributed by atoms with Crippen molar-refractivity contribution in [2.45, 2.75) is 6.54 Å². The third kappa shape index (κ3) is 1.76. The van der Waals surface area contributed by atoms with Crippen LogP contribution in [0, 0.1) is 0 Å². The van der Waals surface area contributed by atoms with E-state index >= 15 is 0 Å². The molecule has 15 heavy (non-hydrogen) atoms. The van der Waals surface area contributed by atoms with Gasteiger partial charge in [-0.2, -0.15) is 0 Å². The number of nitrogens with zero attached hydrogens (tertiary/aromatic N) is 2. The first kappa shape index (κ1) is 9.51. The maximum Gasteiger partial charge on any atom is 0.323 e. The van der Waals surface area contributed by atoms with Crippen LogP contribution in [0.25, 0.3) is 11.0 Å². The maximum atomic E-state index is 10.6. The van der Waals surface area contributed by atoms with Crippen molar-refractivity contribution in [2.24, 2.45) is 0 Å². The predicted octanol–water partition coefficient (Wildman–Crippen LogP) is 1.13. The number of hydrogen-bond donors (Lipinski definition) is 1. The van der Waals surface area contributed by atoms with Crippen molar-refractivity contribution in [1.82, 2.24) is 9.55 Å². The van der Waals surface area contributed by atoms with E-state index < -0.39 is 5.97 Å².